The van der Waals surface area contributed by atoms with Gasteiger partial charge in [0.2, 0.25) is 12.2 Å². The summed E-state index contributed by atoms with van der Waals surface area (Å²) >= 11 is 0. The van der Waals surface area contributed by atoms with E-state index < -0.39 is 66.5 Å². The lowest BCUT2D eigenvalue weighted by Crippen LogP contribution is -2.67. The van der Waals surface area contributed by atoms with Crippen molar-refractivity contribution in [2.45, 2.75) is 55.2 Å². The zero-order chi connectivity index (χ0) is 33.3. The van der Waals surface area contributed by atoms with Crippen LogP contribution in [-0.4, -0.2) is 68.8 Å². The third-order valence-corrected chi connectivity index (χ3v) is 9.04. The fourth-order valence-corrected chi connectivity index (χ4v) is 6.56. The summed E-state index contributed by atoms with van der Waals surface area (Å²) in [5.41, 5.74) is 1.46. The van der Waals surface area contributed by atoms with E-state index in [1.165, 1.54) is 36.4 Å². The molecule has 6 N–H and O–H groups in total. The van der Waals surface area contributed by atoms with Crippen LogP contribution < -0.4 is 10.1 Å². The number of carbonyl (C=O) groups excluding carboxylic acids is 1. The highest BCUT2D eigenvalue weighted by molar-refractivity contribution is 5.92. The maximum atomic E-state index is 14.3. The number of ether oxygens (including phenoxy) is 2. The molecule has 2 heterocycles. The van der Waals surface area contributed by atoms with Crippen LogP contribution in [0.4, 0.5) is 8.78 Å². The molecule has 6 rings (SSSR count). The maximum Gasteiger partial charge on any atom is 0.229 e. The number of aliphatic hydroxyl groups is 5. The topological polar surface area (TPSA) is 149 Å². The third kappa shape index (κ3) is 6.14. The van der Waals surface area contributed by atoms with Gasteiger partial charge in [-0.05, 0) is 65.4 Å². The highest BCUT2D eigenvalue weighted by atomic mass is 19.1. The van der Waals surface area contributed by atoms with Crippen LogP contribution in [0.3, 0.4) is 0 Å². The van der Waals surface area contributed by atoms with Gasteiger partial charge in [0.05, 0.1) is 18.6 Å². The molecule has 0 radical (unpaired) electrons. The van der Waals surface area contributed by atoms with Crippen molar-refractivity contribution in [2.75, 3.05) is 6.61 Å². The molecule has 4 aromatic carbocycles. The van der Waals surface area contributed by atoms with Gasteiger partial charge < -0.3 is 40.3 Å². The SMILES string of the molecule is O=C1N[C@@](c2ccc(F)cc2)(c2c(O[C@H]3O[C@@H](CO)[C@H](O)[C@@H](O)[C@@H]3O)cccc2-c2ccccc2)[C@H]1CC[C@H](O)c1ccc(F)cc1. The highest BCUT2D eigenvalue weighted by Gasteiger charge is 2.58. The minimum absolute atomic E-state index is 0.128. The van der Waals surface area contributed by atoms with Crippen molar-refractivity contribution in [3.05, 3.63) is 125 Å². The van der Waals surface area contributed by atoms with Crippen molar-refractivity contribution in [2.24, 2.45) is 5.92 Å². The van der Waals surface area contributed by atoms with Crippen LogP contribution in [0, 0.1) is 17.6 Å². The Morgan fingerprint density at radius 1 is 0.830 bits per heavy atom. The maximum absolute atomic E-state index is 14.3. The molecule has 0 unspecified atom stereocenters. The van der Waals surface area contributed by atoms with E-state index in [9.17, 15) is 39.1 Å². The zero-order valence-corrected chi connectivity index (χ0v) is 25.1. The van der Waals surface area contributed by atoms with Crippen LogP contribution in [0.15, 0.2) is 97.1 Å². The van der Waals surface area contributed by atoms with E-state index in [1.54, 1.807) is 24.3 Å². The van der Waals surface area contributed by atoms with Gasteiger partial charge in [0, 0.05) is 5.56 Å². The van der Waals surface area contributed by atoms with Crippen molar-refractivity contribution < 1.29 is 48.6 Å². The molecule has 0 saturated carbocycles. The average molecular weight is 648 g/mol. The molecule has 9 nitrogen and oxygen atoms in total. The van der Waals surface area contributed by atoms with Gasteiger partial charge in [0.25, 0.3) is 0 Å². The van der Waals surface area contributed by atoms with E-state index >= 15 is 0 Å². The minimum atomic E-state index is -1.71. The summed E-state index contributed by atoms with van der Waals surface area (Å²) in [4.78, 5) is 13.5. The summed E-state index contributed by atoms with van der Waals surface area (Å²) in [7, 11) is 0. The van der Waals surface area contributed by atoms with Crippen LogP contribution in [0.2, 0.25) is 0 Å². The molecule has 47 heavy (non-hydrogen) atoms. The molecule has 2 fully saturated rings. The van der Waals surface area contributed by atoms with Crippen LogP contribution in [0.5, 0.6) is 5.75 Å². The smallest absolute Gasteiger partial charge is 0.229 e. The molecule has 2 saturated heterocycles. The number of hydrogen-bond acceptors (Lipinski definition) is 8. The summed E-state index contributed by atoms with van der Waals surface area (Å²) in [6, 6.07) is 25.5. The van der Waals surface area contributed by atoms with E-state index in [0.29, 0.717) is 22.3 Å². The Balaban J connectivity index is 1.48. The second-order valence-corrected chi connectivity index (χ2v) is 11.9. The second-order valence-electron chi connectivity index (χ2n) is 11.9. The fraction of sp³-hybridized carbons (Fsp3) is 0.306. The molecule has 8 atom stereocenters. The van der Waals surface area contributed by atoms with Gasteiger partial charge in [-0.1, -0.05) is 66.7 Å². The Morgan fingerprint density at radius 3 is 2.13 bits per heavy atom. The zero-order valence-electron chi connectivity index (χ0n) is 25.1. The van der Waals surface area contributed by atoms with E-state index in [-0.39, 0.29) is 24.5 Å². The summed E-state index contributed by atoms with van der Waals surface area (Å²) < 4.78 is 39.8. The number of aliphatic hydroxyl groups excluding tert-OH is 5. The lowest BCUT2D eigenvalue weighted by molar-refractivity contribution is -0.277. The minimum Gasteiger partial charge on any atom is -0.462 e. The molecule has 246 valence electrons. The molecular weight excluding hydrogens is 612 g/mol. The Kier molecular flexibility index (Phi) is 9.38. The number of rotatable bonds is 10. The monoisotopic (exact) mass is 647 g/mol. The normalized spacial score (nSPS) is 27.9. The first-order valence-electron chi connectivity index (χ1n) is 15.3. The number of β-lactam (4-membered cyclic amide) rings is 1. The molecular formula is C36H35F2NO8. The van der Waals surface area contributed by atoms with Crippen molar-refractivity contribution in [1.29, 1.82) is 0 Å². The molecule has 0 aromatic heterocycles. The Hall–Kier alpha value is -4.23. The number of benzene rings is 4. The Labute approximate surface area is 269 Å². The molecule has 0 bridgehead atoms. The van der Waals surface area contributed by atoms with E-state index in [4.69, 9.17) is 9.47 Å². The van der Waals surface area contributed by atoms with Gasteiger partial charge in [0.15, 0.2) is 0 Å². The third-order valence-electron chi connectivity index (χ3n) is 9.04. The summed E-state index contributed by atoms with van der Waals surface area (Å²) in [5.74, 6) is -1.94. The molecule has 11 heteroatoms. The van der Waals surface area contributed by atoms with Gasteiger partial charge in [-0.2, -0.15) is 0 Å². The highest BCUT2D eigenvalue weighted by Crippen LogP contribution is 2.53. The summed E-state index contributed by atoms with van der Waals surface area (Å²) in [6.07, 6.45) is -8.48. The Bertz CT molecular complexity index is 1690. The van der Waals surface area contributed by atoms with Crippen molar-refractivity contribution in [3.8, 4) is 16.9 Å². The van der Waals surface area contributed by atoms with Crippen molar-refractivity contribution >= 4 is 5.91 Å². The van der Waals surface area contributed by atoms with Gasteiger partial charge in [-0.25, -0.2) is 8.78 Å². The first kappa shape index (κ1) is 32.7. The quantitative estimate of drug-likeness (QED) is 0.144. The second kappa shape index (κ2) is 13.5. The number of hydrogen-bond donors (Lipinski definition) is 6. The largest absolute Gasteiger partial charge is 0.462 e. The lowest BCUT2D eigenvalue weighted by atomic mass is 9.63. The molecule has 2 aliphatic rings. The van der Waals surface area contributed by atoms with Crippen LogP contribution >= 0.6 is 0 Å². The predicted octanol–water partition coefficient (Wildman–Crippen LogP) is 3.31. The van der Waals surface area contributed by atoms with Crippen molar-refractivity contribution in [1.82, 2.24) is 5.32 Å². The molecule has 4 aromatic rings. The van der Waals surface area contributed by atoms with Gasteiger partial charge in [-0.15, -0.1) is 0 Å². The number of halogens is 2. The van der Waals surface area contributed by atoms with Crippen molar-refractivity contribution in [3.63, 3.8) is 0 Å². The van der Waals surface area contributed by atoms with Crippen LogP contribution in [0.1, 0.15) is 35.6 Å². The van der Waals surface area contributed by atoms with E-state index in [1.807, 2.05) is 36.4 Å². The van der Waals surface area contributed by atoms with Crippen LogP contribution in [0.25, 0.3) is 11.1 Å². The number of nitrogens with one attached hydrogen (secondary N) is 1. The Morgan fingerprint density at radius 2 is 1.49 bits per heavy atom. The first-order chi connectivity index (χ1) is 22.6. The standard InChI is InChI=1S/C36H35F2NO8/c37-23-13-9-21(10-14-23)27(41)18-17-26-34(45)39-36(26,22-11-15-24(38)16-12-22)30-25(20-5-2-1-3-6-20)7-4-8-28(30)46-35-33(44)32(43)31(42)29(19-40)47-35/h1-16,26-27,29,31-33,35,40-44H,17-19H2,(H,39,45)/t26-,27-,29-,31-,32+,33-,35-,36+/m0/s1. The predicted molar refractivity (Wildman–Crippen MR) is 166 cm³/mol. The number of amides is 1. The molecule has 1 amide bonds. The van der Waals surface area contributed by atoms with Gasteiger partial charge >= 0.3 is 0 Å². The number of carbonyl (C=O) groups is 1. The first-order valence-corrected chi connectivity index (χ1v) is 15.3. The average Bonchev–Trinajstić information content (AvgIpc) is 3.08. The fourth-order valence-electron chi connectivity index (χ4n) is 6.56. The van der Waals surface area contributed by atoms with Crippen LogP contribution in [-0.2, 0) is 15.1 Å². The summed E-state index contributed by atoms with van der Waals surface area (Å²) in [5, 5.41) is 55.5. The van der Waals surface area contributed by atoms with Gasteiger partial charge in [-0.3, -0.25) is 4.79 Å². The molecule has 0 spiro atoms. The van der Waals surface area contributed by atoms with E-state index in [2.05, 4.69) is 5.32 Å². The summed E-state index contributed by atoms with van der Waals surface area (Å²) in [6.45, 7) is -0.657. The molecule has 0 aliphatic carbocycles. The lowest BCUT2D eigenvalue weighted by Gasteiger charge is -2.52. The van der Waals surface area contributed by atoms with E-state index in [0.717, 1.165) is 5.56 Å². The van der Waals surface area contributed by atoms with Gasteiger partial charge in [0.1, 0.15) is 47.3 Å². The molecule has 2 aliphatic heterocycles.